The third-order valence-corrected chi connectivity index (χ3v) is 4.66. The van der Waals surface area contributed by atoms with Gasteiger partial charge in [-0.1, -0.05) is 11.3 Å². The molecule has 80 valence electrons. The Balaban J connectivity index is 2.21. The molecule has 2 rings (SSSR count). The Morgan fingerprint density at radius 2 is 1.87 bits per heavy atom. The van der Waals surface area contributed by atoms with Crippen molar-refractivity contribution in [3.63, 3.8) is 0 Å². The fourth-order valence-corrected chi connectivity index (χ4v) is 3.63. The normalized spacial score (nSPS) is 10.5. The van der Waals surface area contributed by atoms with Crippen LogP contribution in [0.4, 0.5) is 0 Å². The van der Waals surface area contributed by atoms with Crippen molar-refractivity contribution < 1.29 is 4.74 Å². The minimum atomic E-state index is 0.910. The van der Waals surface area contributed by atoms with E-state index in [1.807, 2.05) is 17.4 Å². The Morgan fingerprint density at radius 3 is 2.53 bits per heavy atom. The quantitative estimate of drug-likeness (QED) is 0.815. The highest BCUT2D eigenvalue weighted by Crippen LogP contribution is 2.36. The summed E-state index contributed by atoms with van der Waals surface area (Å²) in [5, 5.41) is 0.967. The van der Waals surface area contributed by atoms with Crippen LogP contribution >= 0.6 is 35.3 Å². The molecule has 0 N–H and O–H groups in total. The molecule has 0 aliphatic carbocycles. The van der Waals surface area contributed by atoms with Gasteiger partial charge >= 0.3 is 0 Å². The lowest BCUT2D eigenvalue weighted by atomic mass is 10.3. The molecule has 0 radical (unpaired) electrons. The fourth-order valence-electron chi connectivity index (χ4n) is 1.32. The van der Waals surface area contributed by atoms with Crippen LogP contribution in [-0.2, 0) is 6.42 Å². The molecule has 0 atom stereocenters. The van der Waals surface area contributed by atoms with E-state index in [0.717, 1.165) is 17.2 Å². The summed E-state index contributed by atoms with van der Waals surface area (Å²) in [5.41, 5.74) is 0. The maximum atomic E-state index is 5.18. The summed E-state index contributed by atoms with van der Waals surface area (Å²) in [5.74, 6) is 0.910. The van der Waals surface area contributed by atoms with Gasteiger partial charge in [-0.15, -0.1) is 11.3 Å². The van der Waals surface area contributed by atoms with E-state index in [4.69, 9.17) is 4.74 Å². The van der Waals surface area contributed by atoms with E-state index >= 15 is 0 Å². The number of thiophene rings is 2. The summed E-state index contributed by atoms with van der Waals surface area (Å²) in [6.45, 7) is 0. The van der Waals surface area contributed by atoms with Crippen LogP contribution in [0, 0.1) is 0 Å². The average Bonchev–Trinajstić information content (AvgIpc) is 2.85. The number of hydrogen-bond donors (Lipinski definition) is 1. The highest BCUT2D eigenvalue weighted by Gasteiger charge is 2.05. The molecule has 0 amide bonds. The van der Waals surface area contributed by atoms with Gasteiger partial charge in [-0.25, -0.2) is 0 Å². The van der Waals surface area contributed by atoms with Gasteiger partial charge in [0, 0.05) is 14.6 Å². The summed E-state index contributed by atoms with van der Waals surface area (Å²) in [7, 11) is 1.70. The molecule has 0 aliphatic heterocycles. The largest absolute Gasteiger partial charge is 0.487 e. The molecule has 4 heteroatoms. The lowest BCUT2D eigenvalue weighted by Gasteiger charge is -1.91. The molecule has 2 aromatic heterocycles. The van der Waals surface area contributed by atoms with Gasteiger partial charge in [-0.05, 0) is 36.4 Å². The first-order valence-electron chi connectivity index (χ1n) is 4.67. The third-order valence-electron chi connectivity index (χ3n) is 2.05. The summed E-state index contributed by atoms with van der Waals surface area (Å²) in [6, 6.07) is 8.48. The Labute approximate surface area is 103 Å². The van der Waals surface area contributed by atoms with Crippen LogP contribution in [0.1, 0.15) is 4.88 Å². The zero-order valence-corrected chi connectivity index (χ0v) is 10.9. The van der Waals surface area contributed by atoms with Crippen LogP contribution in [0.2, 0.25) is 0 Å². The van der Waals surface area contributed by atoms with Crippen molar-refractivity contribution in [2.75, 3.05) is 12.9 Å². The molecular weight excluding hydrogens is 244 g/mol. The molecule has 0 bridgehead atoms. The zero-order chi connectivity index (χ0) is 10.7. The minimum Gasteiger partial charge on any atom is -0.487 e. The number of aryl methyl sites for hydroxylation is 1. The van der Waals surface area contributed by atoms with Crippen LogP contribution in [0.5, 0.6) is 5.06 Å². The molecule has 1 nitrogen and oxygen atoms in total. The van der Waals surface area contributed by atoms with E-state index in [1.54, 1.807) is 18.4 Å². The first kappa shape index (κ1) is 11.0. The van der Waals surface area contributed by atoms with Crippen LogP contribution < -0.4 is 4.74 Å². The molecular formula is C11H12OS3. The lowest BCUT2D eigenvalue weighted by molar-refractivity contribution is 0.427. The topological polar surface area (TPSA) is 9.23 Å². The van der Waals surface area contributed by atoms with Gasteiger partial charge in [-0.3, -0.25) is 0 Å². The first-order valence-corrected chi connectivity index (χ1v) is 6.94. The predicted octanol–water partition coefficient (Wildman–Crippen LogP) is 3.96. The van der Waals surface area contributed by atoms with Crippen molar-refractivity contribution in [3.8, 4) is 14.8 Å². The highest BCUT2D eigenvalue weighted by atomic mass is 32.1. The average molecular weight is 256 g/mol. The van der Waals surface area contributed by atoms with Gasteiger partial charge in [-0.2, -0.15) is 12.6 Å². The molecule has 0 aromatic carbocycles. The second kappa shape index (κ2) is 5.05. The molecule has 2 aromatic rings. The van der Waals surface area contributed by atoms with E-state index in [-0.39, 0.29) is 0 Å². The van der Waals surface area contributed by atoms with Gasteiger partial charge in [0.05, 0.1) is 7.11 Å². The molecule has 0 saturated carbocycles. The van der Waals surface area contributed by atoms with Gasteiger partial charge in [0.1, 0.15) is 0 Å². The van der Waals surface area contributed by atoms with E-state index < -0.39 is 0 Å². The van der Waals surface area contributed by atoms with Gasteiger partial charge in [0.2, 0.25) is 0 Å². The number of ether oxygens (including phenoxy) is 1. The molecule has 15 heavy (non-hydrogen) atoms. The summed E-state index contributed by atoms with van der Waals surface area (Å²) < 4.78 is 5.18. The van der Waals surface area contributed by atoms with Crippen molar-refractivity contribution in [1.82, 2.24) is 0 Å². The Hall–Kier alpha value is -0.450. The zero-order valence-electron chi connectivity index (χ0n) is 8.40. The van der Waals surface area contributed by atoms with E-state index in [1.165, 1.54) is 14.6 Å². The maximum absolute atomic E-state index is 5.18. The number of methoxy groups -OCH3 is 1. The van der Waals surface area contributed by atoms with Crippen molar-refractivity contribution >= 4 is 35.3 Å². The Bertz CT molecular complexity index is 430. The van der Waals surface area contributed by atoms with Gasteiger partial charge < -0.3 is 4.74 Å². The van der Waals surface area contributed by atoms with Crippen molar-refractivity contribution in [1.29, 1.82) is 0 Å². The second-order valence-electron chi connectivity index (χ2n) is 3.06. The molecule has 0 spiro atoms. The Kier molecular flexibility index (Phi) is 3.72. The first-order chi connectivity index (χ1) is 7.33. The highest BCUT2D eigenvalue weighted by molar-refractivity contribution is 7.80. The van der Waals surface area contributed by atoms with Crippen LogP contribution in [0.3, 0.4) is 0 Å². The van der Waals surface area contributed by atoms with Gasteiger partial charge in [0.25, 0.3) is 0 Å². The summed E-state index contributed by atoms with van der Waals surface area (Å²) in [4.78, 5) is 4.00. The standard InChI is InChI=1S/C11H12OS3/c1-12-11-5-4-10(15-11)9-3-2-8(14-9)6-7-13/h2-5,13H,6-7H2,1H3. The predicted molar refractivity (Wildman–Crippen MR) is 71.7 cm³/mol. The number of rotatable bonds is 4. The molecule has 0 fully saturated rings. The second-order valence-corrected chi connectivity index (χ2v) is 5.72. The van der Waals surface area contributed by atoms with E-state index in [9.17, 15) is 0 Å². The Morgan fingerprint density at radius 1 is 1.13 bits per heavy atom. The van der Waals surface area contributed by atoms with Crippen molar-refractivity contribution in [2.45, 2.75) is 6.42 Å². The molecule has 2 heterocycles. The third kappa shape index (κ3) is 2.56. The SMILES string of the molecule is COc1ccc(-c2ccc(CCS)s2)s1. The smallest absolute Gasteiger partial charge is 0.173 e. The maximum Gasteiger partial charge on any atom is 0.173 e. The molecule has 0 unspecified atom stereocenters. The van der Waals surface area contributed by atoms with E-state index in [2.05, 4.69) is 30.8 Å². The van der Waals surface area contributed by atoms with E-state index in [0.29, 0.717) is 0 Å². The fraction of sp³-hybridized carbons (Fsp3) is 0.273. The molecule has 0 saturated heterocycles. The van der Waals surface area contributed by atoms with Crippen molar-refractivity contribution in [3.05, 3.63) is 29.1 Å². The number of hydrogen-bond acceptors (Lipinski definition) is 4. The monoisotopic (exact) mass is 256 g/mol. The summed E-state index contributed by atoms with van der Waals surface area (Å²) in [6.07, 6.45) is 1.05. The molecule has 0 aliphatic rings. The van der Waals surface area contributed by atoms with Crippen LogP contribution in [0.25, 0.3) is 9.75 Å². The minimum absolute atomic E-state index is 0.910. The summed E-state index contributed by atoms with van der Waals surface area (Å²) >= 11 is 7.76. The van der Waals surface area contributed by atoms with Gasteiger partial charge in [0.15, 0.2) is 5.06 Å². The van der Waals surface area contributed by atoms with Crippen LogP contribution in [0.15, 0.2) is 24.3 Å². The lowest BCUT2D eigenvalue weighted by Crippen LogP contribution is -1.77. The number of thiol groups is 1. The van der Waals surface area contributed by atoms with Crippen LogP contribution in [-0.4, -0.2) is 12.9 Å². The van der Waals surface area contributed by atoms with Crippen molar-refractivity contribution in [2.24, 2.45) is 0 Å².